The van der Waals surface area contributed by atoms with Crippen molar-refractivity contribution in [2.24, 2.45) is 0 Å². The van der Waals surface area contributed by atoms with Crippen LogP contribution < -0.4 is 6.15 Å². The van der Waals surface area contributed by atoms with E-state index in [-0.39, 0.29) is 17.7 Å². The predicted molar refractivity (Wildman–Crippen MR) is 54.3 cm³/mol. The molecule has 0 rings (SSSR count). The molecule has 5 heteroatoms. The van der Waals surface area contributed by atoms with E-state index in [2.05, 4.69) is 17.9 Å². The summed E-state index contributed by atoms with van der Waals surface area (Å²) in [6.45, 7) is 9.98. The molecule has 0 aliphatic rings. The van der Waals surface area contributed by atoms with Gasteiger partial charge in [0.2, 0.25) is 0 Å². The van der Waals surface area contributed by atoms with Gasteiger partial charge in [-0.15, -0.1) is 0 Å². The Morgan fingerprint density at radius 2 is 1.86 bits per heavy atom. The van der Waals surface area contributed by atoms with Gasteiger partial charge in [-0.25, -0.2) is 9.59 Å². The maximum Gasteiger partial charge on any atom is 0.330 e. The fourth-order valence-electron chi connectivity index (χ4n) is 0.201. The lowest BCUT2D eigenvalue weighted by Gasteiger charge is -1.90. The van der Waals surface area contributed by atoms with Crippen molar-refractivity contribution in [3.8, 4) is 0 Å². The lowest BCUT2D eigenvalue weighted by Crippen LogP contribution is -1.97. The number of hydrogen-bond acceptors (Lipinski definition) is 4. The summed E-state index contributed by atoms with van der Waals surface area (Å²) in [7, 11) is 0. The number of carbonyl (C=O) groups excluding carboxylic acids is 1. The van der Waals surface area contributed by atoms with Crippen LogP contribution in [0.2, 0.25) is 0 Å². The number of hydrogen-bond donors (Lipinski definition) is 2. The highest BCUT2D eigenvalue weighted by atomic mass is 16.5. The molecule has 0 atom stereocenters. The number of rotatable bonds is 3. The molecule has 14 heavy (non-hydrogen) atoms. The molecule has 0 bridgehead atoms. The van der Waals surface area contributed by atoms with Crippen LogP contribution in [0.3, 0.4) is 0 Å². The topological polar surface area (TPSA) is 98.6 Å². The quantitative estimate of drug-likeness (QED) is 0.535. The first-order valence-corrected chi connectivity index (χ1v) is 3.63. The molecule has 0 spiro atoms. The van der Waals surface area contributed by atoms with E-state index in [9.17, 15) is 9.59 Å². The molecular weight excluding hydrogens is 186 g/mol. The molecule has 4 N–H and O–H groups in total. The lowest BCUT2D eigenvalue weighted by molar-refractivity contribution is -0.137. The van der Waals surface area contributed by atoms with Gasteiger partial charge in [-0.2, -0.15) is 0 Å². The van der Waals surface area contributed by atoms with Gasteiger partial charge in [-0.05, 0) is 13.8 Å². The third-order valence-corrected chi connectivity index (χ3v) is 0.818. The summed E-state index contributed by atoms with van der Waals surface area (Å²) in [6, 6.07) is 0. The van der Waals surface area contributed by atoms with Gasteiger partial charge >= 0.3 is 11.9 Å². The van der Waals surface area contributed by atoms with E-state index in [4.69, 9.17) is 5.11 Å². The zero-order valence-electron chi connectivity index (χ0n) is 8.58. The minimum Gasteiger partial charge on any atom is -0.478 e. The number of esters is 1. The molecule has 0 saturated heterocycles. The first-order chi connectivity index (χ1) is 5.95. The van der Waals surface area contributed by atoms with Crippen molar-refractivity contribution in [1.29, 1.82) is 0 Å². The summed E-state index contributed by atoms with van der Waals surface area (Å²) in [6.07, 6.45) is 1.14. The average Bonchev–Trinajstić information content (AvgIpc) is 2.05. The predicted octanol–water partition coefficient (Wildman–Crippen LogP) is 1.54. The van der Waals surface area contributed by atoms with Crippen molar-refractivity contribution >= 4 is 11.9 Å². The second kappa shape index (κ2) is 11.4. The molecule has 0 aromatic rings. The zero-order chi connectivity index (χ0) is 10.9. The molecule has 0 aliphatic carbocycles. The Morgan fingerprint density at radius 1 is 1.50 bits per heavy atom. The van der Waals surface area contributed by atoms with Crippen molar-refractivity contribution in [2.45, 2.75) is 13.8 Å². The zero-order valence-corrected chi connectivity index (χ0v) is 8.58. The molecule has 82 valence electrons. The van der Waals surface area contributed by atoms with E-state index >= 15 is 0 Å². The molecular formula is C9H17NO4. The molecule has 0 radical (unpaired) electrons. The highest BCUT2D eigenvalue weighted by Gasteiger charge is 1.90. The lowest BCUT2D eigenvalue weighted by atomic mass is 10.4. The SMILES string of the molecule is C=C(C)C(=O)O.C=CC(=O)OCC.N. The van der Waals surface area contributed by atoms with Gasteiger partial charge in [0.25, 0.3) is 0 Å². The van der Waals surface area contributed by atoms with Gasteiger partial charge in [0.15, 0.2) is 0 Å². The van der Waals surface area contributed by atoms with E-state index in [0.717, 1.165) is 6.08 Å². The Kier molecular flexibility index (Phi) is 14.8. The summed E-state index contributed by atoms with van der Waals surface area (Å²) in [5.41, 5.74) is 0.176. The third-order valence-electron chi connectivity index (χ3n) is 0.818. The first kappa shape index (κ1) is 18.2. The van der Waals surface area contributed by atoms with E-state index in [1.165, 1.54) is 6.92 Å². The highest BCUT2D eigenvalue weighted by molar-refractivity contribution is 5.84. The molecule has 0 aromatic carbocycles. The van der Waals surface area contributed by atoms with E-state index in [0.29, 0.717) is 6.61 Å². The summed E-state index contributed by atoms with van der Waals surface area (Å²) in [5, 5.41) is 7.89. The van der Waals surface area contributed by atoms with Crippen molar-refractivity contribution in [3.63, 3.8) is 0 Å². The molecule has 0 aliphatic heterocycles. The van der Waals surface area contributed by atoms with Crippen LogP contribution >= 0.6 is 0 Å². The largest absolute Gasteiger partial charge is 0.478 e. The summed E-state index contributed by atoms with van der Waals surface area (Å²) < 4.78 is 4.43. The molecule has 0 unspecified atom stereocenters. The van der Waals surface area contributed by atoms with E-state index < -0.39 is 5.97 Å². The van der Waals surface area contributed by atoms with Crippen LogP contribution in [-0.4, -0.2) is 23.7 Å². The number of carboxylic acids is 1. The fraction of sp³-hybridized carbons (Fsp3) is 0.333. The Balaban J connectivity index is -0.000000163. The van der Waals surface area contributed by atoms with Crippen LogP contribution in [0.15, 0.2) is 24.8 Å². The molecule has 0 heterocycles. The molecule has 5 nitrogen and oxygen atoms in total. The van der Waals surface area contributed by atoms with Crippen molar-refractivity contribution in [3.05, 3.63) is 24.8 Å². The van der Waals surface area contributed by atoms with Crippen LogP contribution in [0.5, 0.6) is 0 Å². The van der Waals surface area contributed by atoms with E-state index in [1.54, 1.807) is 6.92 Å². The number of carbonyl (C=O) groups is 2. The fourth-order valence-corrected chi connectivity index (χ4v) is 0.201. The first-order valence-electron chi connectivity index (χ1n) is 3.63. The highest BCUT2D eigenvalue weighted by Crippen LogP contribution is 1.81. The summed E-state index contributed by atoms with van der Waals surface area (Å²) >= 11 is 0. The normalized spacial score (nSPS) is 7.00. The van der Waals surface area contributed by atoms with Gasteiger partial charge in [-0.1, -0.05) is 13.2 Å². The Bertz CT molecular complexity index is 199. The smallest absolute Gasteiger partial charge is 0.330 e. The van der Waals surface area contributed by atoms with Crippen molar-refractivity contribution in [2.75, 3.05) is 6.61 Å². The standard InChI is InChI=1S/C5H8O2.C4H6O2.H3N/c1-3-5(6)7-4-2;1-3(2)4(5)6;/h3H,1,4H2,2H3;1H2,2H3,(H,5,6);1H3. The molecule has 0 fully saturated rings. The average molecular weight is 203 g/mol. The summed E-state index contributed by atoms with van der Waals surface area (Å²) in [5.74, 6) is -1.29. The Hall–Kier alpha value is -1.62. The Morgan fingerprint density at radius 3 is 1.93 bits per heavy atom. The van der Waals surface area contributed by atoms with Crippen LogP contribution in [0.25, 0.3) is 0 Å². The van der Waals surface area contributed by atoms with Crippen LogP contribution in [0, 0.1) is 0 Å². The van der Waals surface area contributed by atoms with Crippen LogP contribution in [0.1, 0.15) is 13.8 Å². The minimum absolute atomic E-state index is 0. The summed E-state index contributed by atoms with van der Waals surface area (Å²) in [4.78, 5) is 19.7. The Labute approximate surface area is 83.7 Å². The number of ether oxygens (including phenoxy) is 1. The minimum atomic E-state index is -0.935. The van der Waals surface area contributed by atoms with Crippen LogP contribution in [0.4, 0.5) is 0 Å². The van der Waals surface area contributed by atoms with Crippen molar-refractivity contribution in [1.82, 2.24) is 6.15 Å². The van der Waals surface area contributed by atoms with Crippen molar-refractivity contribution < 1.29 is 19.4 Å². The maximum atomic E-state index is 10.1. The number of aliphatic carboxylic acids is 1. The van der Waals surface area contributed by atoms with E-state index in [1.807, 2.05) is 0 Å². The third kappa shape index (κ3) is 16.8. The second-order valence-corrected chi connectivity index (χ2v) is 2.04. The number of carboxylic acid groups (broad SMARTS) is 1. The van der Waals surface area contributed by atoms with Crippen LogP contribution in [-0.2, 0) is 14.3 Å². The van der Waals surface area contributed by atoms with Gasteiger partial charge in [0, 0.05) is 11.6 Å². The van der Waals surface area contributed by atoms with Gasteiger partial charge in [0.05, 0.1) is 6.61 Å². The monoisotopic (exact) mass is 203 g/mol. The van der Waals surface area contributed by atoms with Gasteiger partial charge in [0.1, 0.15) is 0 Å². The molecule has 0 saturated carbocycles. The van der Waals surface area contributed by atoms with Gasteiger partial charge in [-0.3, -0.25) is 0 Å². The second-order valence-electron chi connectivity index (χ2n) is 2.04. The van der Waals surface area contributed by atoms with Gasteiger partial charge < -0.3 is 16.0 Å². The maximum absolute atomic E-state index is 10.1. The molecule has 0 amide bonds. The molecule has 0 aromatic heterocycles.